The molecule has 4 N–H and O–H groups in total. The fraction of sp³-hybridized carbons (Fsp3) is 0.333. The summed E-state index contributed by atoms with van der Waals surface area (Å²) in [5, 5.41) is 11.1. The minimum Gasteiger partial charge on any atom is -0.394 e. The Hall–Kier alpha value is -1.47. The van der Waals surface area contributed by atoms with Crippen LogP contribution in [-0.2, 0) is 16.0 Å². The van der Waals surface area contributed by atoms with Crippen molar-refractivity contribution in [1.82, 2.24) is 5.32 Å². The monoisotopic (exact) mass is 332 g/mol. The lowest BCUT2D eigenvalue weighted by atomic mass is 10.1. The first-order valence-corrected chi connectivity index (χ1v) is 6.36. The fourth-order valence-corrected chi connectivity index (χ4v) is 1.78. The van der Waals surface area contributed by atoms with E-state index in [4.69, 9.17) is 10.8 Å². The maximum Gasteiger partial charge on any atom is 0.242 e. The summed E-state index contributed by atoms with van der Waals surface area (Å²) in [4.78, 5) is 22.3. The van der Waals surface area contributed by atoms with Crippen LogP contribution in [0.15, 0.2) is 22.7 Å². The molecule has 1 aromatic carbocycles. The molecule has 0 aromatic heterocycles. The van der Waals surface area contributed by atoms with Gasteiger partial charge >= 0.3 is 0 Å². The van der Waals surface area contributed by atoms with Gasteiger partial charge in [0, 0.05) is 10.9 Å². The SMILES string of the molecule is NC(=O)[C@H](CO)NC(=O)CCc1ccc(Br)cc1F. The summed E-state index contributed by atoms with van der Waals surface area (Å²) < 4.78 is 14.1. The molecular formula is C12H14BrFN2O3. The third-order valence-electron chi connectivity index (χ3n) is 2.50. The molecule has 0 saturated heterocycles. The lowest BCUT2D eigenvalue weighted by molar-refractivity contribution is -0.128. The Morgan fingerprint density at radius 2 is 2.16 bits per heavy atom. The van der Waals surface area contributed by atoms with Crippen molar-refractivity contribution in [3.05, 3.63) is 34.1 Å². The minimum atomic E-state index is -1.11. The highest BCUT2D eigenvalue weighted by Gasteiger charge is 2.16. The van der Waals surface area contributed by atoms with Crippen LogP contribution in [0.5, 0.6) is 0 Å². The smallest absolute Gasteiger partial charge is 0.242 e. The van der Waals surface area contributed by atoms with Gasteiger partial charge in [-0.3, -0.25) is 9.59 Å². The second-order valence-electron chi connectivity index (χ2n) is 3.94. The Labute approximate surface area is 118 Å². The first-order valence-electron chi connectivity index (χ1n) is 5.57. The van der Waals surface area contributed by atoms with E-state index in [1.165, 1.54) is 6.07 Å². The predicted octanol–water partition coefficient (Wildman–Crippen LogP) is 0.483. The van der Waals surface area contributed by atoms with Gasteiger partial charge in [0.25, 0.3) is 0 Å². The molecule has 104 valence electrons. The second kappa shape index (κ2) is 7.20. The number of nitrogens with two attached hydrogens (primary N) is 1. The first kappa shape index (κ1) is 15.6. The molecule has 1 rings (SSSR count). The number of primary amides is 1. The molecule has 1 aromatic rings. The van der Waals surface area contributed by atoms with E-state index >= 15 is 0 Å². The van der Waals surface area contributed by atoms with Crippen LogP contribution in [-0.4, -0.2) is 29.6 Å². The number of rotatable bonds is 6. The number of carbonyl (C=O) groups is 2. The van der Waals surface area contributed by atoms with E-state index < -0.39 is 30.3 Å². The van der Waals surface area contributed by atoms with Crippen molar-refractivity contribution in [2.75, 3.05) is 6.61 Å². The van der Waals surface area contributed by atoms with Gasteiger partial charge in [0.05, 0.1) is 6.61 Å². The van der Waals surface area contributed by atoms with Crippen LogP contribution in [0.3, 0.4) is 0 Å². The molecule has 7 heteroatoms. The van der Waals surface area contributed by atoms with E-state index in [9.17, 15) is 14.0 Å². The standard InChI is InChI=1S/C12H14BrFN2O3/c13-8-3-1-7(9(14)5-8)2-4-11(18)16-10(6-17)12(15)19/h1,3,5,10,17H,2,4,6H2,(H2,15,19)(H,16,18)/t10-/m0/s1. The molecule has 0 spiro atoms. The van der Waals surface area contributed by atoms with E-state index in [0.717, 1.165) is 0 Å². The van der Waals surface area contributed by atoms with Gasteiger partial charge in [0.1, 0.15) is 11.9 Å². The number of aliphatic hydroxyl groups is 1. The van der Waals surface area contributed by atoms with Crippen molar-refractivity contribution in [2.45, 2.75) is 18.9 Å². The van der Waals surface area contributed by atoms with Crippen LogP contribution < -0.4 is 11.1 Å². The molecule has 0 fully saturated rings. The quantitative estimate of drug-likeness (QED) is 0.707. The number of halogens is 2. The minimum absolute atomic E-state index is 0.00231. The number of aryl methyl sites for hydroxylation is 1. The fourth-order valence-electron chi connectivity index (χ4n) is 1.45. The zero-order valence-electron chi connectivity index (χ0n) is 10.0. The molecule has 5 nitrogen and oxygen atoms in total. The van der Waals surface area contributed by atoms with Crippen LogP contribution in [0.4, 0.5) is 4.39 Å². The molecule has 0 aliphatic heterocycles. The zero-order chi connectivity index (χ0) is 14.4. The zero-order valence-corrected chi connectivity index (χ0v) is 11.6. The van der Waals surface area contributed by atoms with Gasteiger partial charge in [-0.25, -0.2) is 4.39 Å². The summed E-state index contributed by atoms with van der Waals surface area (Å²) in [6.45, 7) is -0.562. The number of hydrogen-bond acceptors (Lipinski definition) is 3. The maximum absolute atomic E-state index is 13.5. The van der Waals surface area contributed by atoms with Crippen LogP contribution in [0.1, 0.15) is 12.0 Å². The lowest BCUT2D eigenvalue weighted by Gasteiger charge is -2.12. The number of hydrogen-bond donors (Lipinski definition) is 3. The van der Waals surface area contributed by atoms with Gasteiger partial charge in [-0.15, -0.1) is 0 Å². The van der Waals surface area contributed by atoms with Gasteiger partial charge in [0.15, 0.2) is 0 Å². The molecule has 1 atom stereocenters. The van der Waals surface area contributed by atoms with Gasteiger partial charge in [0.2, 0.25) is 11.8 Å². The Morgan fingerprint density at radius 1 is 1.47 bits per heavy atom. The van der Waals surface area contributed by atoms with E-state index in [-0.39, 0.29) is 12.8 Å². The highest BCUT2D eigenvalue weighted by molar-refractivity contribution is 9.10. The van der Waals surface area contributed by atoms with E-state index in [2.05, 4.69) is 21.2 Å². The van der Waals surface area contributed by atoms with Crippen LogP contribution in [0.25, 0.3) is 0 Å². The summed E-state index contributed by atoms with van der Waals surface area (Å²) in [7, 11) is 0. The average Bonchev–Trinajstić information content (AvgIpc) is 2.34. The number of aliphatic hydroxyl groups excluding tert-OH is 1. The van der Waals surface area contributed by atoms with Crippen molar-refractivity contribution >= 4 is 27.7 Å². The van der Waals surface area contributed by atoms with Crippen LogP contribution in [0.2, 0.25) is 0 Å². The van der Waals surface area contributed by atoms with Crippen molar-refractivity contribution in [1.29, 1.82) is 0 Å². The summed E-state index contributed by atoms with van der Waals surface area (Å²) in [6.07, 6.45) is 0.199. The van der Waals surface area contributed by atoms with Crippen molar-refractivity contribution in [3.8, 4) is 0 Å². The highest BCUT2D eigenvalue weighted by atomic mass is 79.9. The van der Waals surface area contributed by atoms with Crippen molar-refractivity contribution in [2.24, 2.45) is 5.73 Å². The predicted molar refractivity (Wildman–Crippen MR) is 70.6 cm³/mol. The van der Waals surface area contributed by atoms with E-state index in [1.54, 1.807) is 12.1 Å². The number of carbonyl (C=O) groups excluding carboxylic acids is 2. The Kier molecular flexibility index (Phi) is 5.91. The molecule has 0 saturated carbocycles. The molecule has 0 radical (unpaired) electrons. The summed E-state index contributed by atoms with van der Waals surface area (Å²) in [5.74, 6) is -1.69. The Morgan fingerprint density at radius 3 is 2.68 bits per heavy atom. The normalized spacial score (nSPS) is 11.9. The summed E-state index contributed by atoms with van der Waals surface area (Å²) in [6, 6.07) is 3.45. The van der Waals surface area contributed by atoms with E-state index in [1.807, 2.05) is 0 Å². The highest BCUT2D eigenvalue weighted by Crippen LogP contribution is 2.16. The van der Waals surface area contributed by atoms with Crippen LogP contribution in [0, 0.1) is 5.82 Å². The van der Waals surface area contributed by atoms with Crippen molar-refractivity contribution in [3.63, 3.8) is 0 Å². The topological polar surface area (TPSA) is 92.4 Å². The Bertz CT molecular complexity index is 482. The third-order valence-corrected chi connectivity index (χ3v) is 2.99. The Balaban J connectivity index is 2.52. The van der Waals surface area contributed by atoms with Gasteiger partial charge in [-0.05, 0) is 24.1 Å². The molecule has 0 heterocycles. The lowest BCUT2D eigenvalue weighted by Crippen LogP contribution is -2.46. The van der Waals surface area contributed by atoms with Crippen molar-refractivity contribution < 1.29 is 19.1 Å². The second-order valence-corrected chi connectivity index (χ2v) is 4.86. The summed E-state index contributed by atoms with van der Waals surface area (Å²) in [5.41, 5.74) is 5.37. The van der Waals surface area contributed by atoms with Gasteiger partial charge in [-0.2, -0.15) is 0 Å². The van der Waals surface area contributed by atoms with Crippen LogP contribution >= 0.6 is 15.9 Å². The summed E-state index contributed by atoms with van der Waals surface area (Å²) >= 11 is 3.14. The van der Waals surface area contributed by atoms with Gasteiger partial charge < -0.3 is 16.2 Å². The molecule has 0 aliphatic rings. The molecule has 0 bridgehead atoms. The molecule has 0 aliphatic carbocycles. The molecular weight excluding hydrogens is 319 g/mol. The molecule has 2 amide bonds. The number of nitrogens with one attached hydrogen (secondary N) is 1. The average molecular weight is 333 g/mol. The number of benzene rings is 1. The first-order chi connectivity index (χ1) is 8.93. The molecule has 0 unspecified atom stereocenters. The largest absolute Gasteiger partial charge is 0.394 e. The van der Waals surface area contributed by atoms with E-state index in [0.29, 0.717) is 10.0 Å². The van der Waals surface area contributed by atoms with Gasteiger partial charge in [-0.1, -0.05) is 22.0 Å². The number of amides is 2. The maximum atomic E-state index is 13.5. The third kappa shape index (κ3) is 4.96. The molecule has 19 heavy (non-hydrogen) atoms.